The van der Waals surface area contributed by atoms with Crippen LogP contribution in [0.3, 0.4) is 0 Å². The summed E-state index contributed by atoms with van der Waals surface area (Å²) in [5.41, 5.74) is 2.17. The fraction of sp³-hybridized carbons (Fsp3) is 0.294. The zero-order chi connectivity index (χ0) is 16.2. The molecule has 1 N–H and O–H groups in total. The lowest BCUT2D eigenvalue weighted by molar-refractivity contribution is 0.414. The molecule has 2 rings (SSSR count). The lowest BCUT2D eigenvalue weighted by Crippen LogP contribution is -2.26. The Hall–Kier alpha value is -1.85. The standard InChI is InChI=1S/C17H21NO3S/c1-4-14-5-7-15(8-6-14)13(2)18-22(19,20)17-11-9-16(21-3)10-12-17/h5-13,18H,4H2,1-3H3/t13-/m0/s1. The van der Waals surface area contributed by atoms with Crippen LogP contribution in [0.4, 0.5) is 0 Å². The Morgan fingerprint density at radius 1 is 1.05 bits per heavy atom. The summed E-state index contributed by atoms with van der Waals surface area (Å²) in [6, 6.07) is 14.0. The molecule has 4 nitrogen and oxygen atoms in total. The molecule has 1 atom stereocenters. The van der Waals surface area contributed by atoms with Gasteiger partial charge in [0.05, 0.1) is 12.0 Å². The highest BCUT2D eigenvalue weighted by atomic mass is 32.2. The minimum Gasteiger partial charge on any atom is -0.497 e. The number of ether oxygens (including phenoxy) is 1. The molecule has 0 amide bonds. The first-order chi connectivity index (χ1) is 10.5. The van der Waals surface area contributed by atoms with Gasteiger partial charge in [0.1, 0.15) is 5.75 Å². The van der Waals surface area contributed by atoms with Crippen molar-refractivity contribution < 1.29 is 13.2 Å². The normalized spacial score (nSPS) is 12.9. The van der Waals surface area contributed by atoms with Gasteiger partial charge in [0, 0.05) is 6.04 Å². The van der Waals surface area contributed by atoms with Crippen LogP contribution in [0.25, 0.3) is 0 Å². The average molecular weight is 319 g/mol. The van der Waals surface area contributed by atoms with Crippen LogP contribution in [0.5, 0.6) is 5.75 Å². The smallest absolute Gasteiger partial charge is 0.241 e. The van der Waals surface area contributed by atoms with Crippen molar-refractivity contribution in [2.45, 2.75) is 31.2 Å². The fourth-order valence-corrected chi connectivity index (χ4v) is 3.40. The van der Waals surface area contributed by atoms with Gasteiger partial charge in [0.15, 0.2) is 0 Å². The maximum atomic E-state index is 12.4. The zero-order valence-corrected chi connectivity index (χ0v) is 13.9. The van der Waals surface area contributed by atoms with Crippen LogP contribution in [0.1, 0.15) is 31.0 Å². The molecule has 22 heavy (non-hydrogen) atoms. The second kappa shape index (κ2) is 6.94. The molecule has 0 spiro atoms. The minimum atomic E-state index is -3.55. The monoisotopic (exact) mass is 319 g/mol. The van der Waals surface area contributed by atoms with Crippen LogP contribution in [-0.4, -0.2) is 15.5 Å². The van der Waals surface area contributed by atoms with E-state index in [2.05, 4.69) is 11.6 Å². The van der Waals surface area contributed by atoms with Crippen LogP contribution in [0.15, 0.2) is 53.4 Å². The summed E-state index contributed by atoms with van der Waals surface area (Å²) in [6.45, 7) is 3.92. The molecule has 0 aromatic heterocycles. The Morgan fingerprint density at radius 2 is 1.64 bits per heavy atom. The second-order valence-electron chi connectivity index (χ2n) is 5.11. The van der Waals surface area contributed by atoms with E-state index in [-0.39, 0.29) is 10.9 Å². The fourth-order valence-electron chi connectivity index (χ4n) is 2.17. The van der Waals surface area contributed by atoms with E-state index < -0.39 is 10.0 Å². The molecule has 118 valence electrons. The lowest BCUT2D eigenvalue weighted by Gasteiger charge is -2.15. The van der Waals surface area contributed by atoms with Crippen LogP contribution in [0.2, 0.25) is 0 Å². The number of nitrogens with one attached hydrogen (secondary N) is 1. The number of hydrogen-bond donors (Lipinski definition) is 1. The molecular weight excluding hydrogens is 298 g/mol. The highest BCUT2D eigenvalue weighted by Crippen LogP contribution is 2.19. The van der Waals surface area contributed by atoms with Gasteiger partial charge in [-0.2, -0.15) is 0 Å². The Bertz CT molecular complexity index is 707. The molecule has 0 aliphatic rings. The van der Waals surface area contributed by atoms with E-state index in [0.717, 1.165) is 12.0 Å². The molecular formula is C17H21NO3S. The van der Waals surface area contributed by atoms with E-state index in [9.17, 15) is 8.42 Å². The number of aryl methyl sites for hydroxylation is 1. The third-order valence-corrected chi connectivity index (χ3v) is 5.15. The van der Waals surface area contributed by atoms with E-state index in [1.54, 1.807) is 19.2 Å². The van der Waals surface area contributed by atoms with Crippen LogP contribution in [0, 0.1) is 0 Å². The number of benzene rings is 2. The van der Waals surface area contributed by atoms with Crippen molar-refractivity contribution in [1.82, 2.24) is 4.72 Å². The lowest BCUT2D eigenvalue weighted by atomic mass is 10.1. The van der Waals surface area contributed by atoms with Gasteiger partial charge in [-0.3, -0.25) is 0 Å². The third kappa shape index (κ3) is 3.87. The zero-order valence-electron chi connectivity index (χ0n) is 13.0. The van der Waals surface area contributed by atoms with E-state index in [1.165, 1.54) is 17.7 Å². The maximum Gasteiger partial charge on any atom is 0.241 e. The summed E-state index contributed by atoms with van der Waals surface area (Å²) >= 11 is 0. The van der Waals surface area contributed by atoms with Crippen LogP contribution < -0.4 is 9.46 Å². The van der Waals surface area contributed by atoms with Crippen molar-refractivity contribution in [3.8, 4) is 5.75 Å². The van der Waals surface area contributed by atoms with E-state index in [1.807, 2.05) is 31.2 Å². The second-order valence-corrected chi connectivity index (χ2v) is 6.83. The SMILES string of the molecule is CCc1ccc([C@H](C)NS(=O)(=O)c2ccc(OC)cc2)cc1. The van der Waals surface area contributed by atoms with E-state index in [0.29, 0.717) is 5.75 Å². The number of sulfonamides is 1. The molecule has 2 aromatic carbocycles. The van der Waals surface area contributed by atoms with Gasteiger partial charge >= 0.3 is 0 Å². The Kier molecular flexibility index (Phi) is 5.21. The van der Waals surface area contributed by atoms with Crippen molar-refractivity contribution in [3.05, 3.63) is 59.7 Å². The van der Waals surface area contributed by atoms with Gasteiger partial charge in [0.25, 0.3) is 0 Å². The van der Waals surface area contributed by atoms with Crippen molar-refractivity contribution in [1.29, 1.82) is 0 Å². The molecule has 0 fully saturated rings. The Labute approximate surface area is 132 Å². The van der Waals surface area contributed by atoms with Crippen LogP contribution >= 0.6 is 0 Å². The first kappa shape index (κ1) is 16.5. The Morgan fingerprint density at radius 3 is 2.14 bits per heavy atom. The molecule has 0 saturated carbocycles. The molecule has 0 radical (unpaired) electrons. The molecule has 0 aliphatic carbocycles. The van der Waals surface area contributed by atoms with Crippen molar-refractivity contribution >= 4 is 10.0 Å². The predicted octanol–water partition coefficient (Wildman–Crippen LogP) is 3.30. The summed E-state index contributed by atoms with van der Waals surface area (Å²) in [7, 11) is -2.01. The summed E-state index contributed by atoms with van der Waals surface area (Å²) in [5.74, 6) is 0.627. The predicted molar refractivity (Wildman–Crippen MR) is 87.6 cm³/mol. The first-order valence-electron chi connectivity index (χ1n) is 7.21. The number of rotatable bonds is 6. The molecule has 5 heteroatoms. The van der Waals surface area contributed by atoms with Gasteiger partial charge in [0.2, 0.25) is 10.0 Å². The molecule has 0 bridgehead atoms. The molecule has 0 saturated heterocycles. The van der Waals surface area contributed by atoms with Gasteiger partial charge in [-0.25, -0.2) is 13.1 Å². The summed E-state index contributed by atoms with van der Waals surface area (Å²) in [4.78, 5) is 0.227. The largest absolute Gasteiger partial charge is 0.497 e. The highest BCUT2D eigenvalue weighted by molar-refractivity contribution is 7.89. The summed E-state index contributed by atoms with van der Waals surface area (Å²) in [6.07, 6.45) is 0.965. The van der Waals surface area contributed by atoms with E-state index in [4.69, 9.17) is 4.74 Å². The molecule has 0 unspecified atom stereocenters. The average Bonchev–Trinajstić information content (AvgIpc) is 2.54. The van der Waals surface area contributed by atoms with E-state index >= 15 is 0 Å². The van der Waals surface area contributed by atoms with Gasteiger partial charge in [-0.05, 0) is 48.7 Å². The summed E-state index contributed by atoms with van der Waals surface area (Å²) < 4.78 is 32.5. The topological polar surface area (TPSA) is 55.4 Å². The number of methoxy groups -OCH3 is 1. The summed E-state index contributed by atoms with van der Waals surface area (Å²) in [5, 5.41) is 0. The maximum absolute atomic E-state index is 12.4. The minimum absolute atomic E-state index is 0.227. The van der Waals surface area contributed by atoms with Crippen molar-refractivity contribution in [3.63, 3.8) is 0 Å². The van der Waals surface area contributed by atoms with Gasteiger partial charge < -0.3 is 4.74 Å². The number of hydrogen-bond acceptors (Lipinski definition) is 3. The molecule has 2 aromatic rings. The molecule has 0 aliphatic heterocycles. The quantitative estimate of drug-likeness (QED) is 0.889. The molecule has 0 heterocycles. The van der Waals surface area contributed by atoms with Crippen LogP contribution in [-0.2, 0) is 16.4 Å². The third-order valence-electron chi connectivity index (χ3n) is 3.59. The van der Waals surface area contributed by atoms with Crippen molar-refractivity contribution in [2.75, 3.05) is 7.11 Å². The van der Waals surface area contributed by atoms with Crippen molar-refractivity contribution in [2.24, 2.45) is 0 Å². The van der Waals surface area contributed by atoms with Gasteiger partial charge in [-0.15, -0.1) is 0 Å². The Balaban J connectivity index is 2.15. The van der Waals surface area contributed by atoms with Gasteiger partial charge in [-0.1, -0.05) is 31.2 Å². The highest BCUT2D eigenvalue weighted by Gasteiger charge is 2.18. The first-order valence-corrected chi connectivity index (χ1v) is 8.70.